The van der Waals surface area contributed by atoms with E-state index in [-0.39, 0.29) is 5.97 Å². The van der Waals surface area contributed by atoms with Crippen LogP contribution in [0.5, 0.6) is 5.75 Å². The summed E-state index contributed by atoms with van der Waals surface area (Å²) in [6.45, 7) is 5.66. The SMILES string of the molecule is C/C=C/CC/C(C)=C(\C)C(=O)Oc1ccc2ccc(=O)oc2c1. The van der Waals surface area contributed by atoms with Crippen LogP contribution in [-0.2, 0) is 4.79 Å². The summed E-state index contributed by atoms with van der Waals surface area (Å²) in [5, 5.41) is 0.777. The molecule has 23 heavy (non-hydrogen) atoms. The molecule has 0 aliphatic heterocycles. The van der Waals surface area contributed by atoms with E-state index in [2.05, 4.69) is 6.08 Å². The Morgan fingerprint density at radius 1 is 1.22 bits per heavy atom. The van der Waals surface area contributed by atoms with Gasteiger partial charge >= 0.3 is 11.6 Å². The topological polar surface area (TPSA) is 56.5 Å². The summed E-state index contributed by atoms with van der Waals surface area (Å²) in [4.78, 5) is 23.5. The average Bonchev–Trinajstić information content (AvgIpc) is 2.53. The van der Waals surface area contributed by atoms with Crippen molar-refractivity contribution in [1.29, 1.82) is 0 Å². The molecule has 1 aromatic carbocycles. The molecule has 0 aliphatic carbocycles. The van der Waals surface area contributed by atoms with E-state index < -0.39 is 5.63 Å². The van der Waals surface area contributed by atoms with Gasteiger partial charge in [-0.25, -0.2) is 9.59 Å². The number of ether oxygens (including phenoxy) is 1. The minimum absolute atomic E-state index is 0.359. The maximum absolute atomic E-state index is 12.2. The van der Waals surface area contributed by atoms with Gasteiger partial charge in [0.25, 0.3) is 0 Å². The smallest absolute Gasteiger partial charge is 0.339 e. The van der Waals surface area contributed by atoms with Crippen molar-refractivity contribution in [2.45, 2.75) is 33.6 Å². The van der Waals surface area contributed by atoms with E-state index in [1.54, 1.807) is 31.2 Å². The first-order valence-electron chi connectivity index (χ1n) is 7.55. The number of fused-ring (bicyclic) bond motifs is 1. The molecule has 0 N–H and O–H groups in total. The highest BCUT2D eigenvalue weighted by molar-refractivity contribution is 5.91. The molecule has 2 aromatic rings. The zero-order valence-corrected chi connectivity index (χ0v) is 13.6. The predicted octanol–water partition coefficient (Wildman–Crippen LogP) is 4.39. The minimum atomic E-state index is -0.433. The van der Waals surface area contributed by atoms with Gasteiger partial charge in [-0.05, 0) is 51.8 Å². The molecule has 0 saturated carbocycles. The third-order valence-corrected chi connectivity index (χ3v) is 3.67. The zero-order valence-electron chi connectivity index (χ0n) is 13.6. The second-order valence-electron chi connectivity index (χ2n) is 5.36. The fourth-order valence-corrected chi connectivity index (χ4v) is 2.12. The van der Waals surface area contributed by atoms with Gasteiger partial charge in [-0.3, -0.25) is 0 Å². The number of rotatable bonds is 5. The molecule has 4 heteroatoms. The molecule has 0 fully saturated rings. The molecule has 0 bridgehead atoms. The van der Waals surface area contributed by atoms with Gasteiger partial charge in [-0.1, -0.05) is 17.7 Å². The van der Waals surface area contributed by atoms with Crippen LogP contribution in [0.3, 0.4) is 0 Å². The number of esters is 1. The van der Waals surface area contributed by atoms with Gasteiger partial charge in [0, 0.05) is 23.1 Å². The largest absolute Gasteiger partial charge is 0.423 e. The Labute approximate surface area is 135 Å². The van der Waals surface area contributed by atoms with Crippen LogP contribution in [0.15, 0.2) is 62.8 Å². The van der Waals surface area contributed by atoms with Crippen LogP contribution >= 0.6 is 0 Å². The fraction of sp³-hybridized carbons (Fsp3) is 0.263. The van der Waals surface area contributed by atoms with Crippen molar-refractivity contribution in [3.8, 4) is 5.75 Å². The lowest BCUT2D eigenvalue weighted by Crippen LogP contribution is -2.11. The summed E-state index contributed by atoms with van der Waals surface area (Å²) < 4.78 is 10.5. The minimum Gasteiger partial charge on any atom is -0.423 e. The fourth-order valence-electron chi connectivity index (χ4n) is 2.12. The van der Waals surface area contributed by atoms with E-state index in [0.29, 0.717) is 16.9 Å². The van der Waals surface area contributed by atoms with E-state index in [4.69, 9.17) is 9.15 Å². The highest BCUT2D eigenvalue weighted by Gasteiger charge is 2.11. The third kappa shape index (κ3) is 4.42. The van der Waals surface area contributed by atoms with Crippen LogP contribution in [0.1, 0.15) is 33.6 Å². The Balaban J connectivity index is 2.16. The van der Waals surface area contributed by atoms with Crippen LogP contribution in [0.4, 0.5) is 0 Å². The van der Waals surface area contributed by atoms with Gasteiger partial charge in [0.05, 0.1) is 0 Å². The van der Waals surface area contributed by atoms with E-state index in [1.807, 2.05) is 19.9 Å². The van der Waals surface area contributed by atoms with Crippen LogP contribution in [0.25, 0.3) is 11.0 Å². The predicted molar refractivity (Wildman–Crippen MR) is 90.5 cm³/mol. The Morgan fingerprint density at radius 3 is 2.70 bits per heavy atom. The first kappa shape index (κ1) is 16.7. The first-order chi connectivity index (χ1) is 11.0. The lowest BCUT2D eigenvalue weighted by molar-refractivity contribution is -0.130. The van der Waals surface area contributed by atoms with Gasteiger partial charge in [-0.15, -0.1) is 0 Å². The van der Waals surface area contributed by atoms with E-state index in [1.165, 1.54) is 6.07 Å². The number of benzene rings is 1. The second kappa shape index (κ2) is 7.58. The van der Waals surface area contributed by atoms with E-state index in [9.17, 15) is 9.59 Å². The number of hydrogen-bond donors (Lipinski definition) is 0. The molecule has 0 amide bonds. The van der Waals surface area contributed by atoms with Gasteiger partial charge in [0.1, 0.15) is 11.3 Å². The van der Waals surface area contributed by atoms with Crippen molar-refractivity contribution >= 4 is 16.9 Å². The summed E-state index contributed by atoms with van der Waals surface area (Å²) in [6.07, 6.45) is 5.77. The molecule has 1 heterocycles. The first-order valence-corrected chi connectivity index (χ1v) is 7.55. The maximum Gasteiger partial charge on any atom is 0.339 e. The maximum atomic E-state index is 12.2. The van der Waals surface area contributed by atoms with Crippen LogP contribution in [0.2, 0.25) is 0 Å². The number of carbonyl (C=O) groups excluding carboxylic acids is 1. The molecular formula is C19H20O4. The Kier molecular flexibility index (Phi) is 5.52. The molecule has 4 nitrogen and oxygen atoms in total. The third-order valence-electron chi connectivity index (χ3n) is 3.67. The zero-order chi connectivity index (χ0) is 16.8. The molecule has 0 saturated heterocycles. The average molecular weight is 312 g/mol. The highest BCUT2D eigenvalue weighted by Crippen LogP contribution is 2.21. The number of hydrogen-bond acceptors (Lipinski definition) is 4. The van der Waals surface area contributed by atoms with Crippen molar-refractivity contribution in [2.75, 3.05) is 0 Å². The Bertz CT molecular complexity index is 825. The van der Waals surface area contributed by atoms with Crippen molar-refractivity contribution < 1.29 is 13.9 Å². The standard InChI is InChI=1S/C19H20O4/c1-4-5-6-7-13(2)14(3)19(21)22-16-10-8-15-9-11-18(20)23-17(15)12-16/h4-5,8-12H,6-7H2,1-3H3/b5-4+,14-13+. The summed E-state index contributed by atoms with van der Waals surface area (Å²) in [7, 11) is 0. The molecule has 0 aliphatic rings. The molecule has 0 atom stereocenters. The lowest BCUT2D eigenvalue weighted by atomic mass is 10.1. The van der Waals surface area contributed by atoms with Crippen LogP contribution < -0.4 is 10.4 Å². The summed E-state index contributed by atoms with van der Waals surface area (Å²) in [5.74, 6) is -0.0296. The molecule has 0 unspecified atom stereocenters. The summed E-state index contributed by atoms with van der Waals surface area (Å²) >= 11 is 0. The molecular weight excluding hydrogens is 292 g/mol. The van der Waals surface area contributed by atoms with Crippen molar-refractivity contribution in [3.63, 3.8) is 0 Å². The van der Waals surface area contributed by atoms with Gasteiger partial charge in [0.2, 0.25) is 0 Å². The quantitative estimate of drug-likeness (QED) is 0.270. The molecule has 0 spiro atoms. The summed E-state index contributed by atoms with van der Waals surface area (Å²) in [5.41, 5.74) is 1.57. The Hall–Kier alpha value is -2.62. The summed E-state index contributed by atoms with van der Waals surface area (Å²) in [6, 6.07) is 8.01. The van der Waals surface area contributed by atoms with Crippen LogP contribution in [-0.4, -0.2) is 5.97 Å². The number of allylic oxidation sites excluding steroid dienone is 3. The normalized spacial score (nSPS) is 12.5. The van der Waals surface area contributed by atoms with E-state index in [0.717, 1.165) is 23.8 Å². The molecule has 0 radical (unpaired) electrons. The molecule has 2 rings (SSSR count). The van der Waals surface area contributed by atoms with E-state index >= 15 is 0 Å². The highest BCUT2D eigenvalue weighted by atomic mass is 16.5. The molecule has 1 aromatic heterocycles. The van der Waals surface area contributed by atoms with Crippen molar-refractivity contribution in [3.05, 3.63) is 64.1 Å². The van der Waals surface area contributed by atoms with Gasteiger partial charge in [0.15, 0.2) is 0 Å². The van der Waals surface area contributed by atoms with Crippen molar-refractivity contribution in [1.82, 2.24) is 0 Å². The van der Waals surface area contributed by atoms with Crippen molar-refractivity contribution in [2.24, 2.45) is 0 Å². The second-order valence-corrected chi connectivity index (χ2v) is 5.36. The van der Waals surface area contributed by atoms with Crippen LogP contribution in [0, 0.1) is 0 Å². The molecule has 120 valence electrons. The lowest BCUT2D eigenvalue weighted by Gasteiger charge is -2.08. The number of carbonyl (C=O) groups is 1. The van der Waals surface area contributed by atoms with Gasteiger partial charge < -0.3 is 9.15 Å². The van der Waals surface area contributed by atoms with Gasteiger partial charge in [-0.2, -0.15) is 0 Å². The Morgan fingerprint density at radius 2 is 1.96 bits per heavy atom. The monoisotopic (exact) mass is 312 g/mol.